The molecule has 2 aromatic rings. The number of ether oxygens (including phenoxy) is 2. The second kappa shape index (κ2) is 16.0. The SMILES string of the molecule is CCCCOc1noc2c1C(=O)[C@@]1(O[Si](C)(C)C(C)(C)C)C(=O)C3=C(O)c4c(c(F)c(CN5CCCC[C@@H]5C)c(Br)c4OCCCC)C[C@H]3C[C@H]1[C@@H]2N(C)C. The summed E-state index contributed by atoms with van der Waals surface area (Å²) in [5.41, 5.74) is -0.804. The maximum absolute atomic E-state index is 17.2. The van der Waals surface area contributed by atoms with Crippen molar-refractivity contribution in [1.82, 2.24) is 15.0 Å². The molecule has 10 nitrogen and oxygen atoms in total. The fraction of sp³-hybridized carbons (Fsp3) is 0.690. The first-order chi connectivity index (χ1) is 25.9. The van der Waals surface area contributed by atoms with Crippen molar-refractivity contribution in [1.29, 1.82) is 0 Å². The summed E-state index contributed by atoms with van der Waals surface area (Å²) < 4.78 is 43.3. The lowest BCUT2D eigenvalue weighted by Crippen LogP contribution is -2.68. The minimum atomic E-state index is -2.90. The average Bonchev–Trinajstić information content (AvgIpc) is 3.53. The maximum atomic E-state index is 17.2. The second-order valence-corrected chi connectivity index (χ2v) is 23.4. The van der Waals surface area contributed by atoms with Crippen LogP contribution < -0.4 is 9.47 Å². The summed E-state index contributed by atoms with van der Waals surface area (Å²) >= 11 is 3.73. The fourth-order valence-corrected chi connectivity index (χ4v) is 10.9. The number of hydrogen-bond donors (Lipinski definition) is 1. The molecule has 1 aromatic heterocycles. The Morgan fingerprint density at radius 3 is 2.36 bits per heavy atom. The molecule has 304 valence electrons. The molecule has 13 heteroatoms. The van der Waals surface area contributed by atoms with Crippen molar-refractivity contribution >= 4 is 41.6 Å². The minimum absolute atomic E-state index is 0.0484. The molecule has 55 heavy (non-hydrogen) atoms. The number of carbonyl (C=O) groups excluding carboxylic acids is 2. The van der Waals surface area contributed by atoms with Gasteiger partial charge in [-0.05, 0) is 111 Å². The summed E-state index contributed by atoms with van der Waals surface area (Å²) in [5.74, 6) is -2.50. The van der Waals surface area contributed by atoms with Crippen molar-refractivity contribution < 1.29 is 37.5 Å². The highest BCUT2D eigenvalue weighted by Gasteiger charge is 2.69. The Bertz CT molecular complexity index is 1840. The summed E-state index contributed by atoms with van der Waals surface area (Å²) in [6.07, 6.45) is 6.93. The maximum Gasteiger partial charge on any atom is 0.265 e. The highest BCUT2D eigenvalue weighted by Crippen LogP contribution is 2.59. The van der Waals surface area contributed by atoms with E-state index in [1.807, 2.05) is 39.0 Å². The number of Topliss-reactive ketones (excluding diaryl/α,β-unsaturated/α-hetero) is 2. The Balaban J connectivity index is 1.58. The second-order valence-electron chi connectivity index (χ2n) is 17.9. The lowest BCUT2D eigenvalue weighted by atomic mass is 9.57. The number of hydrogen-bond acceptors (Lipinski definition) is 10. The molecule has 2 heterocycles. The summed E-state index contributed by atoms with van der Waals surface area (Å²) in [4.78, 5) is 35.4. The monoisotopic (exact) mass is 845 g/mol. The molecular weight excluding hydrogens is 785 g/mol. The lowest BCUT2D eigenvalue weighted by Gasteiger charge is -2.55. The van der Waals surface area contributed by atoms with Crippen LogP contribution in [0.4, 0.5) is 4.39 Å². The van der Waals surface area contributed by atoms with Crippen molar-refractivity contribution in [3.63, 3.8) is 0 Å². The summed E-state index contributed by atoms with van der Waals surface area (Å²) in [6.45, 7) is 18.5. The molecule has 0 amide bonds. The molecule has 3 aliphatic carbocycles. The third-order valence-electron chi connectivity index (χ3n) is 13.0. The van der Waals surface area contributed by atoms with Crippen molar-refractivity contribution in [3.05, 3.63) is 43.9 Å². The molecule has 6 rings (SSSR count). The third kappa shape index (κ3) is 7.16. The van der Waals surface area contributed by atoms with Crippen LogP contribution >= 0.6 is 15.9 Å². The van der Waals surface area contributed by atoms with Crippen molar-refractivity contribution in [2.75, 3.05) is 33.9 Å². The first-order valence-electron chi connectivity index (χ1n) is 20.3. The summed E-state index contributed by atoms with van der Waals surface area (Å²) in [6, 6.07) is -0.294. The van der Waals surface area contributed by atoms with Gasteiger partial charge in [0.05, 0.1) is 29.3 Å². The van der Waals surface area contributed by atoms with Gasteiger partial charge in [-0.2, -0.15) is 0 Å². The topological polar surface area (TPSA) is 115 Å². The van der Waals surface area contributed by atoms with Crippen LogP contribution in [0.1, 0.15) is 132 Å². The quantitative estimate of drug-likeness (QED) is 0.119. The molecule has 5 atom stereocenters. The standard InChI is InChI=1S/C42H61BrFN3O7Si/c1-11-13-19-51-36-30-26(33(44)27(32(36)43)23-47-18-16-15-17-24(47)3)21-25-22-28-34(46(7)8)37-31(40(45-53-37)52-20-14-12-2)39(50)42(28,38(49)29(25)35(30)48)54-55(9,10)41(4,5)6/h24-25,28,34,48H,11-23H2,1-10H3/t24-,25-,28-,34-,42-/m0/s1. The van der Waals surface area contributed by atoms with Crippen molar-refractivity contribution in [2.45, 2.75) is 142 Å². The van der Waals surface area contributed by atoms with E-state index in [4.69, 9.17) is 18.4 Å². The molecule has 0 bridgehead atoms. The number of piperidine rings is 1. The first-order valence-corrected chi connectivity index (χ1v) is 24.0. The zero-order valence-electron chi connectivity index (χ0n) is 34.5. The van der Waals surface area contributed by atoms with Crippen molar-refractivity contribution in [2.24, 2.45) is 11.8 Å². The van der Waals surface area contributed by atoms with E-state index in [9.17, 15) is 5.11 Å². The summed E-state index contributed by atoms with van der Waals surface area (Å²) in [7, 11) is 0.874. The molecule has 0 unspecified atom stereocenters. The Hall–Kier alpha value is -2.58. The number of aliphatic hydroxyl groups excluding tert-OH is 1. The molecular formula is C42H61BrFN3O7Si. The van der Waals surface area contributed by atoms with Gasteiger partial charge in [0, 0.05) is 35.2 Å². The van der Waals surface area contributed by atoms with Gasteiger partial charge in [0.15, 0.2) is 19.7 Å². The first kappa shape index (κ1) is 42.0. The van der Waals surface area contributed by atoms with Gasteiger partial charge in [-0.25, -0.2) is 4.39 Å². The highest BCUT2D eigenvalue weighted by atomic mass is 79.9. The Kier molecular flexibility index (Phi) is 12.2. The molecule has 2 fully saturated rings. The van der Waals surface area contributed by atoms with Gasteiger partial charge in [-0.3, -0.25) is 19.4 Å². The molecule has 1 saturated heterocycles. The van der Waals surface area contributed by atoms with Crippen molar-refractivity contribution in [3.8, 4) is 11.6 Å². The van der Waals surface area contributed by atoms with E-state index >= 15 is 14.0 Å². The average molecular weight is 847 g/mol. The van der Waals surface area contributed by atoms with Crippen LogP contribution in [0.15, 0.2) is 14.6 Å². The summed E-state index contributed by atoms with van der Waals surface area (Å²) in [5, 5.41) is 16.4. The van der Waals surface area contributed by atoms with Crippen LogP contribution in [0.25, 0.3) is 5.76 Å². The number of aromatic nitrogens is 1. The van der Waals surface area contributed by atoms with Crippen LogP contribution in [-0.2, 0) is 22.2 Å². The number of halogens is 2. The zero-order valence-corrected chi connectivity index (χ0v) is 37.1. The van der Waals surface area contributed by atoms with E-state index in [2.05, 4.69) is 60.6 Å². The van der Waals surface area contributed by atoms with Crippen LogP contribution in [0, 0.1) is 17.7 Å². The highest BCUT2D eigenvalue weighted by molar-refractivity contribution is 9.10. The Morgan fingerprint density at radius 2 is 1.75 bits per heavy atom. The molecule has 0 radical (unpaired) electrons. The van der Waals surface area contributed by atoms with Crippen LogP contribution in [0.5, 0.6) is 11.6 Å². The van der Waals surface area contributed by atoms with Crippen LogP contribution in [0.2, 0.25) is 18.1 Å². The number of ketones is 2. The van der Waals surface area contributed by atoms with E-state index < -0.39 is 49.2 Å². The van der Waals surface area contributed by atoms with E-state index in [0.29, 0.717) is 52.9 Å². The predicted molar refractivity (Wildman–Crippen MR) is 217 cm³/mol. The van der Waals surface area contributed by atoms with Crippen LogP contribution in [-0.4, -0.2) is 85.4 Å². The molecule has 1 aromatic carbocycles. The number of fused-ring (bicyclic) bond motifs is 4. The van der Waals surface area contributed by atoms with E-state index in [-0.39, 0.29) is 46.2 Å². The number of unbranched alkanes of at least 4 members (excludes halogenated alkanes) is 2. The third-order valence-corrected chi connectivity index (χ3v) is 18.3. The van der Waals surface area contributed by atoms with E-state index in [1.165, 1.54) is 0 Å². The normalized spacial score (nSPS) is 25.8. The van der Waals surface area contributed by atoms with Gasteiger partial charge in [0.25, 0.3) is 5.88 Å². The molecule has 1 aliphatic heterocycles. The predicted octanol–water partition coefficient (Wildman–Crippen LogP) is 9.60. The number of carbonyl (C=O) groups is 2. The lowest BCUT2D eigenvalue weighted by molar-refractivity contribution is -0.140. The Labute approximate surface area is 335 Å². The molecule has 0 spiro atoms. The molecule has 1 saturated carbocycles. The van der Waals surface area contributed by atoms with Gasteiger partial charge < -0.3 is 23.5 Å². The number of rotatable bonds is 13. The van der Waals surface area contributed by atoms with E-state index in [1.54, 1.807) is 0 Å². The molecule has 4 aliphatic rings. The van der Waals surface area contributed by atoms with Gasteiger partial charge in [0.1, 0.15) is 22.9 Å². The number of likely N-dealkylation sites (tertiary alicyclic amines) is 1. The largest absolute Gasteiger partial charge is 0.507 e. The number of aliphatic hydroxyl groups is 1. The minimum Gasteiger partial charge on any atom is -0.507 e. The molecule has 1 N–H and O–H groups in total. The van der Waals surface area contributed by atoms with Crippen LogP contribution in [0.3, 0.4) is 0 Å². The Morgan fingerprint density at radius 1 is 1.07 bits per heavy atom. The van der Waals surface area contributed by atoms with Gasteiger partial charge in [0.2, 0.25) is 11.6 Å². The number of nitrogens with zero attached hydrogens (tertiary/aromatic N) is 3. The van der Waals surface area contributed by atoms with Gasteiger partial charge in [-0.15, -0.1) is 0 Å². The van der Waals surface area contributed by atoms with Gasteiger partial charge >= 0.3 is 0 Å². The number of benzene rings is 1. The van der Waals surface area contributed by atoms with Gasteiger partial charge in [-0.1, -0.05) is 53.9 Å². The zero-order chi connectivity index (χ0) is 40.2. The fourth-order valence-electron chi connectivity index (χ4n) is 8.83. The van der Waals surface area contributed by atoms with E-state index in [0.717, 1.165) is 51.5 Å². The smallest absolute Gasteiger partial charge is 0.265 e.